The van der Waals surface area contributed by atoms with E-state index in [4.69, 9.17) is 5.73 Å². The number of nitrogens with one attached hydrogen (secondary N) is 4. The Kier molecular flexibility index (Phi) is 11.6. The second-order valence-corrected chi connectivity index (χ2v) is 15.7. The zero-order valence-electron chi connectivity index (χ0n) is 29.4. The third-order valence-electron chi connectivity index (χ3n) is 10.0. The number of carbonyl (C=O) groups excluding carboxylic acids is 6. The van der Waals surface area contributed by atoms with Crippen LogP contribution < -0.4 is 27.0 Å². The Labute approximate surface area is 284 Å². The topological polar surface area (TPSA) is 180 Å². The van der Waals surface area contributed by atoms with E-state index >= 15 is 0 Å². The van der Waals surface area contributed by atoms with Crippen molar-refractivity contribution in [2.24, 2.45) is 34.8 Å². The van der Waals surface area contributed by atoms with Gasteiger partial charge >= 0.3 is 6.03 Å². The van der Waals surface area contributed by atoms with E-state index in [2.05, 4.69) is 33.4 Å². The summed E-state index contributed by atoms with van der Waals surface area (Å²) in [5.74, 6) is -3.35. The van der Waals surface area contributed by atoms with Crippen LogP contribution in [-0.4, -0.2) is 77.1 Å². The molecule has 1 saturated heterocycles. The molecule has 2 fully saturated rings. The van der Waals surface area contributed by atoms with Crippen LogP contribution in [0.5, 0.6) is 0 Å². The normalized spacial score (nSPS) is 21.3. The highest BCUT2D eigenvalue weighted by Gasteiger charge is 2.48. The lowest BCUT2D eigenvalue weighted by atomic mass is 9.84. The number of hydrogen-bond donors (Lipinski definition) is 5. The smallest absolute Gasteiger partial charge is 0.316 e. The number of amides is 6. The molecule has 1 heterocycles. The van der Waals surface area contributed by atoms with Gasteiger partial charge in [-0.3, -0.25) is 24.0 Å². The lowest BCUT2D eigenvalue weighted by Crippen LogP contribution is -2.62. The van der Waals surface area contributed by atoms with Crippen LogP contribution in [0.2, 0.25) is 0 Å². The molecule has 1 aromatic carbocycles. The number of hydrogen-bond acceptors (Lipinski definition) is 6. The first-order chi connectivity index (χ1) is 22.5. The molecule has 6 N–H and O–H groups in total. The molecule has 1 aliphatic heterocycles. The van der Waals surface area contributed by atoms with E-state index in [1.165, 1.54) is 16.0 Å². The summed E-state index contributed by atoms with van der Waals surface area (Å²) >= 11 is 0. The molecule has 4 rings (SSSR count). The standard InChI is InChI=1S/C36H54N6O6/c1-19(2)25-14-15-42(28(25)33(46)39-26(16-21-12-13-21)29(43)31(37)44)34(47)30(36(5,6)7)41-35(48)40-27(20(3)4)32(45)38-24-17-22-10-8-9-11-23(22)18-24/h8-11,19-21,24-28,30H,12-18H2,1-7H3,(H2,37,44)(H,38,45)(H,39,46)(H2,40,41,48)/t25-,26?,27+,28+,30-/m1/s1. The molecular weight excluding hydrogens is 612 g/mol. The van der Waals surface area contributed by atoms with E-state index < -0.39 is 59.1 Å². The summed E-state index contributed by atoms with van der Waals surface area (Å²) in [5.41, 5.74) is 6.95. The molecule has 0 aromatic heterocycles. The number of carbonyl (C=O) groups is 6. The second-order valence-electron chi connectivity index (χ2n) is 15.7. The van der Waals surface area contributed by atoms with E-state index in [0.29, 0.717) is 12.8 Å². The fourth-order valence-corrected chi connectivity index (χ4v) is 7.06. The Morgan fingerprint density at radius 2 is 1.50 bits per heavy atom. The summed E-state index contributed by atoms with van der Waals surface area (Å²) in [7, 11) is 0. The molecule has 1 saturated carbocycles. The first kappa shape index (κ1) is 36.9. The maximum atomic E-state index is 14.3. The summed E-state index contributed by atoms with van der Waals surface area (Å²) in [6, 6.07) is 3.52. The number of nitrogens with zero attached hydrogens (tertiary/aromatic N) is 1. The van der Waals surface area contributed by atoms with Gasteiger partial charge in [0, 0.05) is 12.6 Å². The molecule has 264 valence electrons. The van der Waals surface area contributed by atoms with Crippen molar-refractivity contribution in [1.29, 1.82) is 0 Å². The fraction of sp³-hybridized carbons (Fsp3) is 0.667. The number of benzene rings is 1. The van der Waals surface area contributed by atoms with Gasteiger partial charge in [-0.25, -0.2) is 4.79 Å². The molecule has 0 spiro atoms. The Balaban J connectivity index is 1.47. The Hall–Kier alpha value is -3.96. The Bertz CT molecular complexity index is 1370. The molecule has 12 heteroatoms. The van der Waals surface area contributed by atoms with Crippen molar-refractivity contribution in [2.45, 2.75) is 117 Å². The zero-order valence-corrected chi connectivity index (χ0v) is 29.4. The molecule has 0 bridgehead atoms. The summed E-state index contributed by atoms with van der Waals surface area (Å²) < 4.78 is 0. The molecule has 0 radical (unpaired) electrons. The maximum absolute atomic E-state index is 14.3. The van der Waals surface area contributed by atoms with Crippen molar-refractivity contribution in [3.05, 3.63) is 35.4 Å². The molecule has 1 unspecified atom stereocenters. The number of likely N-dealkylation sites (tertiary alicyclic amines) is 1. The summed E-state index contributed by atoms with van der Waals surface area (Å²) in [6.07, 6.45) is 4.15. The molecule has 12 nitrogen and oxygen atoms in total. The summed E-state index contributed by atoms with van der Waals surface area (Å²) in [5, 5.41) is 11.5. The minimum absolute atomic E-state index is 0.0367. The number of ketones is 1. The number of rotatable bonds is 13. The Morgan fingerprint density at radius 3 is 2.00 bits per heavy atom. The van der Waals surface area contributed by atoms with Crippen molar-refractivity contribution >= 4 is 35.4 Å². The van der Waals surface area contributed by atoms with Crippen LogP contribution in [0.4, 0.5) is 4.79 Å². The summed E-state index contributed by atoms with van der Waals surface area (Å²) in [6.45, 7) is 13.4. The minimum atomic E-state index is -1.11. The highest BCUT2D eigenvalue weighted by atomic mass is 16.2. The van der Waals surface area contributed by atoms with Gasteiger partial charge in [-0.15, -0.1) is 0 Å². The van der Waals surface area contributed by atoms with Crippen molar-refractivity contribution < 1.29 is 28.8 Å². The van der Waals surface area contributed by atoms with Gasteiger partial charge in [0.25, 0.3) is 5.91 Å². The van der Waals surface area contributed by atoms with Gasteiger partial charge in [-0.1, -0.05) is 85.6 Å². The maximum Gasteiger partial charge on any atom is 0.316 e. The first-order valence-corrected chi connectivity index (χ1v) is 17.4. The number of fused-ring (bicyclic) bond motifs is 1. The average Bonchev–Trinajstić information content (AvgIpc) is 3.54. The van der Waals surface area contributed by atoms with Gasteiger partial charge in [0.2, 0.25) is 23.5 Å². The predicted octanol–water partition coefficient (Wildman–Crippen LogP) is 2.22. The number of urea groups is 1. The van der Waals surface area contributed by atoms with Crippen LogP contribution in [0.1, 0.15) is 85.3 Å². The van der Waals surface area contributed by atoms with Gasteiger partial charge in [0.1, 0.15) is 18.1 Å². The monoisotopic (exact) mass is 666 g/mol. The van der Waals surface area contributed by atoms with Crippen LogP contribution in [0.3, 0.4) is 0 Å². The van der Waals surface area contributed by atoms with Gasteiger partial charge in [0.05, 0.1) is 6.04 Å². The molecule has 5 atom stereocenters. The third-order valence-corrected chi connectivity index (χ3v) is 10.0. The van der Waals surface area contributed by atoms with Crippen LogP contribution in [0, 0.1) is 29.1 Å². The quantitative estimate of drug-likeness (QED) is 0.201. The molecular formula is C36H54N6O6. The van der Waals surface area contributed by atoms with Crippen molar-refractivity contribution in [2.75, 3.05) is 6.54 Å². The van der Waals surface area contributed by atoms with Crippen LogP contribution in [0.25, 0.3) is 0 Å². The molecule has 1 aromatic rings. The molecule has 2 aliphatic carbocycles. The van der Waals surface area contributed by atoms with Crippen molar-refractivity contribution in [3.63, 3.8) is 0 Å². The summed E-state index contributed by atoms with van der Waals surface area (Å²) in [4.78, 5) is 81.0. The average molecular weight is 667 g/mol. The van der Waals surface area contributed by atoms with E-state index in [1.54, 1.807) is 0 Å². The van der Waals surface area contributed by atoms with Crippen LogP contribution >= 0.6 is 0 Å². The highest BCUT2D eigenvalue weighted by molar-refractivity contribution is 6.37. The van der Waals surface area contributed by atoms with E-state index in [0.717, 1.165) is 25.7 Å². The molecule has 48 heavy (non-hydrogen) atoms. The largest absolute Gasteiger partial charge is 0.363 e. The highest BCUT2D eigenvalue weighted by Crippen LogP contribution is 2.35. The van der Waals surface area contributed by atoms with Crippen LogP contribution in [-0.2, 0) is 36.8 Å². The fourth-order valence-electron chi connectivity index (χ4n) is 7.06. The van der Waals surface area contributed by atoms with Gasteiger partial charge < -0.3 is 31.9 Å². The van der Waals surface area contributed by atoms with Gasteiger partial charge in [-0.2, -0.15) is 0 Å². The number of nitrogens with two attached hydrogens (primary N) is 1. The first-order valence-electron chi connectivity index (χ1n) is 17.4. The Morgan fingerprint density at radius 1 is 0.896 bits per heavy atom. The predicted molar refractivity (Wildman–Crippen MR) is 181 cm³/mol. The molecule has 3 aliphatic rings. The van der Waals surface area contributed by atoms with Crippen LogP contribution in [0.15, 0.2) is 24.3 Å². The molecule has 6 amide bonds. The van der Waals surface area contributed by atoms with Gasteiger partial charge in [0.15, 0.2) is 0 Å². The second kappa shape index (κ2) is 15.1. The van der Waals surface area contributed by atoms with E-state index in [9.17, 15) is 28.8 Å². The lowest BCUT2D eigenvalue weighted by Gasteiger charge is -2.37. The number of primary amides is 1. The van der Waals surface area contributed by atoms with Gasteiger partial charge in [-0.05, 0) is 65.9 Å². The van der Waals surface area contributed by atoms with E-state index in [1.807, 2.05) is 60.6 Å². The van der Waals surface area contributed by atoms with Crippen molar-refractivity contribution in [3.8, 4) is 0 Å². The zero-order chi connectivity index (χ0) is 35.5. The minimum Gasteiger partial charge on any atom is -0.363 e. The lowest BCUT2D eigenvalue weighted by molar-refractivity contribution is -0.144. The van der Waals surface area contributed by atoms with Crippen molar-refractivity contribution in [1.82, 2.24) is 26.2 Å². The third kappa shape index (κ3) is 8.93. The number of Topliss-reactive ketones (excluding diaryl/α,β-unsaturated/α-hetero) is 1. The SMILES string of the molecule is CC(C)[C@H](NC(=O)N[C@H](C(=O)N1CC[C@H](C(C)C)[C@H]1C(=O)NC(CC1CC1)C(=O)C(N)=O)C(C)(C)C)C(=O)NC1Cc2ccccc2C1. The van der Waals surface area contributed by atoms with E-state index in [-0.39, 0.29) is 42.2 Å².